The molecule has 2 heterocycles. The first-order valence-corrected chi connectivity index (χ1v) is 5.07. The maximum absolute atomic E-state index is 6.10. The van der Waals surface area contributed by atoms with Gasteiger partial charge in [0, 0.05) is 6.54 Å². The van der Waals surface area contributed by atoms with Crippen molar-refractivity contribution in [2.75, 3.05) is 29.9 Å². The van der Waals surface area contributed by atoms with Crippen LogP contribution < -0.4 is 10.2 Å². The van der Waals surface area contributed by atoms with Gasteiger partial charge >= 0.3 is 0 Å². The van der Waals surface area contributed by atoms with Crippen LogP contribution >= 0.6 is 11.6 Å². The Labute approximate surface area is 87.4 Å². The van der Waals surface area contributed by atoms with E-state index < -0.39 is 0 Å². The van der Waals surface area contributed by atoms with Crippen LogP contribution in [0.15, 0.2) is 23.2 Å². The summed E-state index contributed by atoms with van der Waals surface area (Å²) in [5.41, 5.74) is 2.19. The standard InChI is InChI=1S/C10H10ClN3/c11-7-2-1-3-8-10(7)13-6-9-12-4-5-14(8)9/h1-3,13H,4-6H2. The lowest BCUT2D eigenvalue weighted by Crippen LogP contribution is -2.37. The lowest BCUT2D eigenvalue weighted by atomic mass is 10.2. The smallest absolute Gasteiger partial charge is 0.123 e. The molecule has 0 saturated carbocycles. The monoisotopic (exact) mass is 207 g/mol. The number of benzene rings is 1. The quantitative estimate of drug-likeness (QED) is 0.705. The van der Waals surface area contributed by atoms with Crippen LogP contribution in [0.25, 0.3) is 0 Å². The van der Waals surface area contributed by atoms with Crippen LogP contribution in [-0.2, 0) is 0 Å². The van der Waals surface area contributed by atoms with E-state index in [1.807, 2.05) is 12.1 Å². The maximum Gasteiger partial charge on any atom is 0.123 e. The Bertz CT molecular complexity index is 414. The molecule has 1 aromatic carbocycles. The van der Waals surface area contributed by atoms with Gasteiger partial charge in [-0.25, -0.2) is 0 Å². The molecule has 0 saturated heterocycles. The number of nitrogens with one attached hydrogen (secondary N) is 1. The summed E-state index contributed by atoms with van der Waals surface area (Å²) in [5.74, 6) is 1.12. The van der Waals surface area contributed by atoms with Crippen molar-refractivity contribution in [3.63, 3.8) is 0 Å². The summed E-state index contributed by atoms with van der Waals surface area (Å²) in [4.78, 5) is 6.66. The van der Waals surface area contributed by atoms with E-state index in [1.165, 1.54) is 0 Å². The second-order valence-electron chi connectivity index (χ2n) is 3.44. The van der Waals surface area contributed by atoms with E-state index in [4.69, 9.17) is 11.6 Å². The predicted molar refractivity (Wildman–Crippen MR) is 59.6 cm³/mol. The largest absolute Gasteiger partial charge is 0.375 e. The first-order chi connectivity index (χ1) is 6.86. The zero-order chi connectivity index (χ0) is 9.54. The number of fused-ring (bicyclic) bond motifs is 3. The summed E-state index contributed by atoms with van der Waals surface area (Å²) in [6, 6.07) is 5.96. The Morgan fingerprint density at radius 1 is 1.43 bits per heavy atom. The number of rotatable bonds is 0. The van der Waals surface area contributed by atoms with Gasteiger partial charge in [0.2, 0.25) is 0 Å². The number of para-hydroxylation sites is 1. The predicted octanol–water partition coefficient (Wildman–Crippen LogP) is 1.98. The zero-order valence-electron chi connectivity index (χ0n) is 7.63. The van der Waals surface area contributed by atoms with Crippen LogP contribution in [-0.4, -0.2) is 25.5 Å². The summed E-state index contributed by atoms with van der Waals surface area (Å²) in [6.07, 6.45) is 0. The number of amidine groups is 1. The molecule has 1 aromatic rings. The van der Waals surface area contributed by atoms with Crippen LogP contribution in [0.5, 0.6) is 0 Å². The fourth-order valence-electron chi connectivity index (χ4n) is 1.98. The van der Waals surface area contributed by atoms with Crippen molar-refractivity contribution in [1.82, 2.24) is 0 Å². The fourth-order valence-corrected chi connectivity index (χ4v) is 2.22. The second-order valence-corrected chi connectivity index (χ2v) is 3.84. The van der Waals surface area contributed by atoms with Gasteiger partial charge in [-0.15, -0.1) is 0 Å². The van der Waals surface area contributed by atoms with Crippen LogP contribution in [0.4, 0.5) is 11.4 Å². The highest BCUT2D eigenvalue weighted by Gasteiger charge is 2.26. The molecule has 3 rings (SSSR count). The van der Waals surface area contributed by atoms with Crippen molar-refractivity contribution < 1.29 is 0 Å². The molecule has 0 unspecified atom stereocenters. The minimum absolute atomic E-state index is 0.786. The molecule has 0 fully saturated rings. The number of nitrogens with zero attached hydrogens (tertiary/aromatic N) is 2. The van der Waals surface area contributed by atoms with Gasteiger partial charge in [-0.1, -0.05) is 17.7 Å². The molecule has 0 amide bonds. The molecule has 14 heavy (non-hydrogen) atoms. The Morgan fingerprint density at radius 2 is 2.36 bits per heavy atom. The van der Waals surface area contributed by atoms with Gasteiger partial charge in [0.05, 0.1) is 29.5 Å². The SMILES string of the molecule is Clc1cccc2c1NCC1=NCCN12. The molecule has 0 spiro atoms. The van der Waals surface area contributed by atoms with E-state index in [0.717, 1.165) is 41.9 Å². The molecular formula is C10H10ClN3. The topological polar surface area (TPSA) is 27.6 Å². The lowest BCUT2D eigenvalue weighted by molar-refractivity contribution is 1.01. The highest BCUT2D eigenvalue weighted by Crippen LogP contribution is 2.36. The van der Waals surface area contributed by atoms with Crippen LogP contribution in [0, 0.1) is 0 Å². The number of hydrogen-bond acceptors (Lipinski definition) is 3. The Balaban J connectivity index is 2.15. The number of anilines is 2. The average Bonchev–Trinajstić information content (AvgIpc) is 2.66. The number of halogens is 1. The molecule has 0 bridgehead atoms. The van der Waals surface area contributed by atoms with Crippen molar-refractivity contribution in [2.45, 2.75) is 0 Å². The molecule has 72 valence electrons. The molecule has 0 atom stereocenters. The van der Waals surface area contributed by atoms with E-state index in [0.29, 0.717) is 0 Å². The second kappa shape index (κ2) is 2.89. The van der Waals surface area contributed by atoms with Crippen LogP contribution in [0.2, 0.25) is 5.02 Å². The van der Waals surface area contributed by atoms with E-state index in [-0.39, 0.29) is 0 Å². The maximum atomic E-state index is 6.10. The Kier molecular flexibility index (Phi) is 1.67. The first kappa shape index (κ1) is 8.12. The molecule has 0 aromatic heterocycles. The summed E-state index contributed by atoms with van der Waals surface area (Å²) in [6.45, 7) is 2.66. The van der Waals surface area contributed by atoms with Gasteiger partial charge in [0.25, 0.3) is 0 Å². The molecule has 3 nitrogen and oxygen atoms in total. The van der Waals surface area contributed by atoms with Gasteiger partial charge < -0.3 is 10.2 Å². The molecule has 4 heteroatoms. The third-order valence-corrected chi connectivity index (χ3v) is 2.95. The van der Waals surface area contributed by atoms with Crippen molar-refractivity contribution in [3.8, 4) is 0 Å². The van der Waals surface area contributed by atoms with E-state index in [2.05, 4.69) is 21.3 Å². The van der Waals surface area contributed by atoms with E-state index >= 15 is 0 Å². The molecular weight excluding hydrogens is 198 g/mol. The molecule has 2 aliphatic heterocycles. The summed E-state index contributed by atoms with van der Waals surface area (Å²) >= 11 is 6.10. The van der Waals surface area contributed by atoms with Crippen molar-refractivity contribution in [3.05, 3.63) is 23.2 Å². The molecule has 0 aliphatic carbocycles. The number of aliphatic imine (C=N–C) groups is 1. The first-order valence-electron chi connectivity index (χ1n) is 4.69. The molecule has 2 aliphatic rings. The minimum Gasteiger partial charge on any atom is -0.375 e. The summed E-state index contributed by atoms with van der Waals surface area (Å²) in [5, 5.41) is 4.08. The Hall–Kier alpha value is -1.22. The van der Waals surface area contributed by atoms with Crippen LogP contribution in [0.3, 0.4) is 0 Å². The van der Waals surface area contributed by atoms with Gasteiger partial charge in [-0.2, -0.15) is 0 Å². The van der Waals surface area contributed by atoms with Crippen molar-refractivity contribution in [2.24, 2.45) is 4.99 Å². The van der Waals surface area contributed by atoms with Crippen LogP contribution in [0.1, 0.15) is 0 Å². The average molecular weight is 208 g/mol. The third kappa shape index (κ3) is 1.02. The summed E-state index contributed by atoms with van der Waals surface area (Å²) < 4.78 is 0. The van der Waals surface area contributed by atoms with E-state index in [1.54, 1.807) is 0 Å². The molecule has 0 radical (unpaired) electrons. The fraction of sp³-hybridized carbons (Fsp3) is 0.300. The normalized spacial score (nSPS) is 18.4. The number of hydrogen-bond donors (Lipinski definition) is 1. The van der Waals surface area contributed by atoms with E-state index in [9.17, 15) is 0 Å². The highest BCUT2D eigenvalue weighted by molar-refractivity contribution is 6.34. The zero-order valence-corrected chi connectivity index (χ0v) is 8.38. The summed E-state index contributed by atoms with van der Waals surface area (Å²) in [7, 11) is 0. The van der Waals surface area contributed by atoms with Gasteiger partial charge in [-0.05, 0) is 12.1 Å². The van der Waals surface area contributed by atoms with Gasteiger partial charge in [-0.3, -0.25) is 4.99 Å². The van der Waals surface area contributed by atoms with Crippen molar-refractivity contribution in [1.29, 1.82) is 0 Å². The van der Waals surface area contributed by atoms with Crippen molar-refractivity contribution >= 4 is 28.8 Å². The molecule has 1 N–H and O–H groups in total. The van der Waals surface area contributed by atoms with Gasteiger partial charge in [0.1, 0.15) is 5.84 Å². The highest BCUT2D eigenvalue weighted by atomic mass is 35.5. The lowest BCUT2D eigenvalue weighted by Gasteiger charge is -2.29. The van der Waals surface area contributed by atoms with Gasteiger partial charge in [0.15, 0.2) is 0 Å². The minimum atomic E-state index is 0.786. The third-order valence-electron chi connectivity index (χ3n) is 2.64. The Morgan fingerprint density at radius 3 is 3.29 bits per heavy atom.